The predicted molar refractivity (Wildman–Crippen MR) is 92.0 cm³/mol. The fourth-order valence-electron chi connectivity index (χ4n) is 5.20. The monoisotopic (exact) mass is 350 g/mol. The molecule has 0 spiro atoms. The van der Waals surface area contributed by atoms with Gasteiger partial charge in [-0.25, -0.2) is 4.79 Å². The molecule has 4 saturated heterocycles. The Hall–Kier alpha value is -0.910. The van der Waals surface area contributed by atoms with Crippen molar-refractivity contribution in [2.24, 2.45) is 5.92 Å². The van der Waals surface area contributed by atoms with Gasteiger partial charge in [0.15, 0.2) is 0 Å². The zero-order valence-corrected chi connectivity index (χ0v) is 15.5. The van der Waals surface area contributed by atoms with Gasteiger partial charge in [0.1, 0.15) is 5.60 Å². The quantitative estimate of drug-likeness (QED) is 0.537. The minimum atomic E-state index is -0.640. The Bertz CT molecular complexity index is 603. The lowest BCUT2D eigenvalue weighted by Gasteiger charge is -2.39. The van der Waals surface area contributed by atoms with E-state index in [9.17, 15) is 9.90 Å². The summed E-state index contributed by atoms with van der Waals surface area (Å²) in [5.41, 5.74) is -1.15. The van der Waals surface area contributed by atoms with E-state index < -0.39 is 17.3 Å². The highest BCUT2D eigenvalue weighted by Gasteiger charge is 2.56. The Morgan fingerprint density at radius 3 is 2.24 bits per heavy atom. The van der Waals surface area contributed by atoms with Crippen molar-refractivity contribution in [3.63, 3.8) is 0 Å². The zero-order valence-electron chi connectivity index (χ0n) is 15.5. The van der Waals surface area contributed by atoms with E-state index in [0.717, 1.165) is 38.5 Å². The van der Waals surface area contributed by atoms with E-state index in [4.69, 9.17) is 14.2 Å². The largest absolute Gasteiger partial charge is 0.453 e. The maximum absolute atomic E-state index is 12.6. The summed E-state index contributed by atoms with van der Waals surface area (Å²) < 4.78 is 18.8. The molecular weight excluding hydrogens is 320 g/mol. The number of aliphatic hydroxyl groups is 1. The summed E-state index contributed by atoms with van der Waals surface area (Å²) in [4.78, 5) is 12.6. The molecule has 5 nitrogen and oxygen atoms in total. The van der Waals surface area contributed by atoms with Gasteiger partial charge in [0, 0.05) is 5.57 Å². The van der Waals surface area contributed by atoms with Gasteiger partial charge in [-0.1, -0.05) is 6.58 Å². The van der Waals surface area contributed by atoms with E-state index in [0.29, 0.717) is 12.0 Å². The molecule has 0 aliphatic carbocycles. The number of hydrogen-bond acceptors (Lipinski definition) is 5. The van der Waals surface area contributed by atoms with Crippen molar-refractivity contribution < 1.29 is 24.1 Å². The number of esters is 1. The highest BCUT2D eigenvalue weighted by atomic mass is 16.6. The molecule has 25 heavy (non-hydrogen) atoms. The normalized spacial score (nSPS) is 53.1. The maximum atomic E-state index is 12.6. The molecule has 0 radical (unpaired) electrons. The Morgan fingerprint density at radius 1 is 0.960 bits per heavy atom. The van der Waals surface area contributed by atoms with Crippen LogP contribution in [0.1, 0.15) is 65.7 Å². The third-order valence-corrected chi connectivity index (χ3v) is 7.27. The predicted octanol–water partition coefficient (Wildman–Crippen LogP) is 2.89. The molecule has 5 heteroatoms. The van der Waals surface area contributed by atoms with Crippen molar-refractivity contribution in [2.45, 2.75) is 101 Å². The maximum Gasteiger partial charge on any atom is 0.334 e. The van der Waals surface area contributed by atoms with Crippen LogP contribution in [0, 0.1) is 5.92 Å². The van der Waals surface area contributed by atoms with Crippen LogP contribution in [0.25, 0.3) is 0 Å². The number of aliphatic hydroxyl groups excluding tert-OH is 1. The van der Waals surface area contributed by atoms with Gasteiger partial charge in [-0.2, -0.15) is 0 Å². The number of carbonyl (C=O) groups is 1. The van der Waals surface area contributed by atoms with E-state index in [2.05, 4.69) is 13.5 Å². The van der Waals surface area contributed by atoms with Crippen LogP contribution in [-0.4, -0.2) is 46.2 Å². The van der Waals surface area contributed by atoms with Crippen LogP contribution >= 0.6 is 0 Å². The average Bonchev–Trinajstić information content (AvgIpc) is 3.13. The van der Waals surface area contributed by atoms with Crippen molar-refractivity contribution in [2.75, 3.05) is 0 Å². The SMILES string of the molecule is C=C1C(=O)OC2(C)CCC1CC(O)C1(C)CCC(O1)C1(C)CCC2O1. The van der Waals surface area contributed by atoms with Gasteiger partial charge >= 0.3 is 5.97 Å². The highest BCUT2D eigenvalue weighted by molar-refractivity contribution is 5.89. The minimum Gasteiger partial charge on any atom is -0.453 e. The van der Waals surface area contributed by atoms with E-state index >= 15 is 0 Å². The zero-order chi connectivity index (χ0) is 18.0. The minimum absolute atomic E-state index is 0.0288. The first-order valence-corrected chi connectivity index (χ1v) is 9.61. The summed E-state index contributed by atoms with van der Waals surface area (Å²) in [6, 6.07) is 0. The summed E-state index contributed by atoms with van der Waals surface area (Å²) >= 11 is 0. The fourth-order valence-corrected chi connectivity index (χ4v) is 5.20. The van der Waals surface area contributed by atoms with Crippen LogP contribution in [0.2, 0.25) is 0 Å². The summed E-state index contributed by atoms with van der Waals surface area (Å²) in [5.74, 6) is -0.416. The Kier molecular flexibility index (Phi) is 3.88. The summed E-state index contributed by atoms with van der Waals surface area (Å²) in [5, 5.41) is 10.9. The molecular formula is C20H30O5. The smallest absolute Gasteiger partial charge is 0.334 e. The van der Waals surface area contributed by atoms with Crippen molar-refractivity contribution in [1.82, 2.24) is 0 Å². The van der Waals surface area contributed by atoms with Crippen LogP contribution < -0.4 is 0 Å². The van der Waals surface area contributed by atoms with E-state index in [1.807, 2.05) is 13.8 Å². The van der Waals surface area contributed by atoms with Crippen molar-refractivity contribution >= 4 is 5.97 Å². The third kappa shape index (κ3) is 2.66. The molecule has 4 aliphatic rings. The number of ether oxygens (including phenoxy) is 3. The molecule has 4 aliphatic heterocycles. The number of carbonyl (C=O) groups excluding carboxylic acids is 1. The molecule has 0 aromatic heterocycles. The second-order valence-electron chi connectivity index (χ2n) is 9.13. The van der Waals surface area contributed by atoms with Gasteiger partial charge in [-0.05, 0) is 71.6 Å². The molecule has 0 aromatic rings. The van der Waals surface area contributed by atoms with Crippen LogP contribution in [0.5, 0.6) is 0 Å². The van der Waals surface area contributed by atoms with Crippen LogP contribution in [0.4, 0.5) is 0 Å². The molecule has 4 fully saturated rings. The van der Waals surface area contributed by atoms with Crippen LogP contribution in [0.3, 0.4) is 0 Å². The van der Waals surface area contributed by atoms with Gasteiger partial charge in [-0.15, -0.1) is 0 Å². The first-order valence-electron chi connectivity index (χ1n) is 9.61. The van der Waals surface area contributed by atoms with Gasteiger partial charge < -0.3 is 19.3 Å². The van der Waals surface area contributed by atoms with E-state index in [1.54, 1.807) is 0 Å². The second-order valence-corrected chi connectivity index (χ2v) is 9.13. The molecule has 140 valence electrons. The first kappa shape index (κ1) is 17.5. The molecule has 0 amide bonds. The topological polar surface area (TPSA) is 65.0 Å². The average molecular weight is 350 g/mol. The summed E-state index contributed by atoms with van der Waals surface area (Å²) in [6.45, 7) is 10.1. The van der Waals surface area contributed by atoms with Crippen molar-refractivity contribution in [1.29, 1.82) is 0 Å². The first-order chi connectivity index (χ1) is 11.7. The van der Waals surface area contributed by atoms with Crippen molar-refractivity contribution in [3.8, 4) is 0 Å². The highest BCUT2D eigenvalue weighted by Crippen LogP contribution is 2.50. The van der Waals surface area contributed by atoms with Gasteiger partial charge in [0.25, 0.3) is 0 Å². The Morgan fingerprint density at radius 2 is 1.52 bits per heavy atom. The number of hydrogen-bond donors (Lipinski definition) is 1. The Balaban J connectivity index is 1.74. The standard InChI is InChI=1S/C20H30O5/c1-12-13-5-8-20(4,25-17(12)22)16-7-10-19(3,24-16)15-6-9-18(2,23-15)14(21)11-13/h13-16,21H,1,5-11H2,2-4H3. The van der Waals surface area contributed by atoms with Gasteiger partial charge in [0.2, 0.25) is 0 Å². The molecule has 4 heterocycles. The lowest BCUT2D eigenvalue weighted by atomic mass is 9.81. The third-order valence-electron chi connectivity index (χ3n) is 7.27. The molecule has 1 N–H and O–H groups in total. The van der Waals surface area contributed by atoms with Crippen LogP contribution in [-0.2, 0) is 19.0 Å². The van der Waals surface area contributed by atoms with Crippen LogP contribution in [0.15, 0.2) is 12.2 Å². The number of rotatable bonds is 0. The van der Waals surface area contributed by atoms with Gasteiger partial charge in [0.05, 0.1) is 29.5 Å². The molecule has 0 saturated carbocycles. The van der Waals surface area contributed by atoms with Crippen molar-refractivity contribution in [3.05, 3.63) is 12.2 Å². The molecule has 7 unspecified atom stereocenters. The fraction of sp³-hybridized carbons (Fsp3) is 0.850. The Labute approximate surface area is 149 Å². The van der Waals surface area contributed by atoms with Gasteiger partial charge in [-0.3, -0.25) is 0 Å². The molecule has 0 aromatic carbocycles. The lowest BCUT2D eigenvalue weighted by molar-refractivity contribution is -0.203. The molecule has 7 atom stereocenters. The lowest BCUT2D eigenvalue weighted by Crippen LogP contribution is -2.48. The molecule has 6 bridgehead atoms. The second kappa shape index (κ2) is 5.54. The molecule has 4 rings (SSSR count). The number of fused-ring (bicyclic) bond motifs is 9. The summed E-state index contributed by atoms with van der Waals surface area (Å²) in [7, 11) is 0. The van der Waals surface area contributed by atoms with E-state index in [-0.39, 0.29) is 29.7 Å². The van der Waals surface area contributed by atoms with E-state index in [1.165, 1.54) is 0 Å². The summed E-state index contributed by atoms with van der Waals surface area (Å²) in [6.07, 6.45) is 4.66.